The Balaban J connectivity index is 1.38. The van der Waals surface area contributed by atoms with Crippen molar-refractivity contribution in [1.29, 1.82) is 5.41 Å². The van der Waals surface area contributed by atoms with Crippen molar-refractivity contribution in [2.24, 2.45) is 7.05 Å². The van der Waals surface area contributed by atoms with Gasteiger partial charge in [0.2, 0.25) is 5.91 Å². The lowest BCUT2D eigenvalue weighted by Gasteiger charge is -2.32. The van der Waals surface area contributed by atoms with Crippen molar-refractivity contribution in [3.05, 3.63) is 56.8 Å². The number of thiazole rings is 1. The SMILES string of the molecule is CC(O)c1c(C2CCN(C(=O)CCS(=O)(=O)c3ccc4cc(Cl)ccc4c3)CC2)sc(=N)n1C. The molecule has 1 aliphatic heterocycles. The molecule has 0 bridgehead atoms. The third-order valence-electron chi connectivity index (χ3n) is 6.46. The van der Waals surface area contributed by atoms with Crippen LogP contribution in [0.25, 0.3) is 10.8 Å². The summed E-state index contributed by atoms with van der Waals surface area (Å²) in [5.41, 5.74) is 0.767. The van der Waals surface area contributed by atoms with E-state index in [9.17, 15) is 18.3 Å². The Kier molecular flexibility index (Phi) is 7.19. The first kappa shape index (κ1) is 24.9. The van der Waals surface area contributed by atoms with Crippen LogP contribution in [-0.4, -0.2) is 47.7 Å². The molecule has 1 aliphatic rings. The van der Waals surface area contributed by atoms with Crippen LogP contribution in [0.5, 0.6) is 0 Å². The maximum Gasteiger partial charge on any atom is 0.223 e. The minimum absolute atomic E-state index is 0.0601. The zero-order chi connectivity index (χ0) is 24.6. The molecule has 3 aromatic rings. The highest BCUT2D eigenvalue weighted by Gasteiger charge is 2.29. The van der Waals surface area contributed by atoms with E-state index in [1.54, 1.807) is 59.8 Å². The van der Waals surface area contributed by atoms with Crippen molar-refractivity contribution in [3.8, 4) is 0 Å². The molecule has 1 saturated heterocycles. The van der Waals surface area contributed by atoms with Gasteiger partial charge in [-0.05, 0) is 60.7 Å². The third kappa shape index (κ3) is 5.07. The zero-order valence-electron chi connectivity index (χ0n) is 19.1. The van der Waals surface area contributed by atoms with Crippen molar-refractivity contribution < 1.29 is 18.3 Å². The molecule has 2 aromatic carbocycles. The number of hydrogen-bond donors (Lipinski definition) is 2. The Labute approximate surface area is 208 Å². The summed E-state index contributed by atoms with van der Waals surface area (Å²) in [6.45, 7) is 2.78. The topological polar surface area (TPSA) is 103 Å². The number of piperidine rings is 1. The van der Waals surface area contributed by atoms with Gasteiger partial charge in [0, 0.05) is 36.5 Å². The largest absolute Gasteiger partial charge is 0.387 e. The van der Waals surface area contributed by atoms with Crippen LogP contribution < -0.4 is 4.80 Å². The molecule has 182 valence electrons. The van der Waals surface area contributed by atoms with E-state index in [0.717, 1.165) is 34.2 Å². The molecule has 1 aromatic heterocycles. The molecule has 0 aliphatic carbocycles. The van der Waals surface area contributed by atoms with Crippen LogP contribution in [0.1, 0.15) is 48.8 Å². The number of rotatable bonds is 6. The second-order valence-corrected chi connectivity index (χ2v) is 12.3. The van der Waals surface area contributed by atoms with Crippen LogP contribution in [0.2, 0.25) is 5.02 Å². The molecule has 7 nitrogen and oxygen atoms in total. The fourth-order valence-corrected chi connectivity index (χ4v) is 7.25. The lowest BCUT2D eigenvalue weighted by Crippen LogP contribution is -2.38. The molecule has 0 saturated carbocycles. The maximum atomic E-state index is 12.9. The standard InChI is InChI=1S/C24H28ClN3O4S2/c1-15(29)22-23(33-24(26)27(22)2)16-7-10-28(11-8-16)21(30)9-12-34(31,32)20-6-4-17-13-19(25)5-3-18(17)14-20/h3-6,13-16,26,29H,7-12H2,1-2H3. The maximum absolute atomic E-state index is 12.9. The Bertz CT molecular complexity index is 1390. The van der Waals surface area contributed by atoms with Gasteiger partial charge in [-0.1, -0.05) is 23.7 Å². The van der Waals surface area contributed by atoms with Crippen molar-refractivity contribution in [3.63, 3.8) is 0 Å². The molecule has 1 atom stereocenters. The van der Waals surface area contributed by atoms with Gasteiger partial charge < -0.3 is 14.6 Å². The lowest BCUT2D eigenvalue weighted by molar-refractivity contribution is -0.131. The number of aliphatic hydroxyl groups is 1. The molecule has 1 unspecified atom stereocenters. The average Bonchev–Trinajstić information content (AvgIpc) is 3.11. The van der Waals surface area contributed by atoms with Gasteiger partial charge in [0.1, 0.15) is 0 Å². The molecule has 4 rings (SSSR count). The first-order valence-electron chi connectivity index (χ1n) is 11.2. The van der Waals surface area contributed by atoms with E-state index >= 15 is 0 Å². The normalized spacial score (nSPS) is 16.2. The van der Waals surface area contributed by atoms with E-state index in [2.05, 4.69) is 0 Å². The Hall–Kier alpha value is -2.20. The number of likely N-dealkylation sites (tertiary alicyclic amines) is 1. The number of carbonyl (C=O) groups is 1. The molecule has 2 N–H and O–H groups in total. The molecule has 2 heterocycles. The molecule has 34 heavy (non-hydrogen) atoms. The van der Waals surface area contributed by atoms with Gasteiger partial charge in [-0.25, -0.2) is 8.42 Å². The summed E-state index contributed by atoms with van der Waals surface area (Å²) in [6.07, 6.45) is 0.735. The highest BCUT2D eigenvalue weighted by molar-refractivity contribution is 7.91. The number of nitrogens with one attached hydrogen (secondary N) is 1. The van der Waals surface area contributed by atoms with Crippen molar-refractivity contribution in [1.82, 2.24) is 9.47 Å². The molecule has 1 amide bonds. The van der Waals surface area contributed by atoms with Crippen LogP contribution in [-0.2, 0) is 21.7 Å². The highest BCUT2D eigenvalue weighted by Crippen LogP contribution is 2.35. The fourth-order valence-electron chi connectivity index (χ4n) is 4.56. The summed E-state index contributed by atoms with van der Waals surface area (Å²) in [4.78, 5) is 16.1. The average molecular weight is 522 g/mol. The number of nitrogens with zero attached hydrogens (tertiary/aromatic N) is 2. The molecular formula is C24H28ClN3O4S2. The van der Waals surface area contributed by atoms with Crippen molar-refractivity contribution >= 4 is 49.5 Å². The van der Waals surface area contributed by atoms with Crippen LogP contribution in [0.3, 0.4) is 0 Å². The zero-order valence-corrected chi connectivity index (χ0v) is 21.5. The Morgan fingerprint density at radius 3 is 2.53 bits per heavy atom. The third-order valence-corrected chi connectivity index (χ3v) is 9.64. The number of halogens is 1. The van der Waals surface area contributed by atoms with Gasteiger partial charge in [0.05, 0.1) is 22.4 Å². The number of benzene rings is 2. The molecule has 1 fully saturated rings. The van der Waals surface area contributed by atoms with E-state index in [-0.39, 0.29) is 28.9 Å². The van der Waals surface area contributed by atoms with Gasteiger partial charge in [-0.2, -0.15) is 0 Å². The second kappa shape index (κ2) is 9.81. The van der Waals surface area contributed by atoms with Crippen LogP contribution in [0, 0.1) is 5.41 Å². The van der Waals surface area contributed by atoms with E-state index in [4.69, 9.17) is 17.0 Å². The van der Waals surface area contributed by atoms with Crippen molar-refractivity contribution in [2.45, 2.75) is 43.1 Å². The number of aromatic nitrogens is 1. The summed E-state index contributed by atoms with van der Waals surface area (Å²) >= 11 is 7.38. The predicted molar refractivity (Wildman–Crippen MR) is 134 cm³/mol. The van der Waals surface area contributed by atoms with Gasteiger partial charge in [-0.15, -0.1) is 11.3 Å². The number of aliphatic hydroxyl groups excluding tert-OH is 1. The van der Waals surface area contributed by atoms with E-state index < -0.39 is 15.9 Å². The van der Waals surface area contributed by atoms with Gasteiger partial charge in [-0.3, -0.25) is 10.2 Å². The molecular weight excluding hydrogens is 494 g/mol. The fraction of sp³-hybridized carbons (Fsp3) is 0.417. The Morgan fingerprint density at radius 2 is 1.85 bits per heavy atom. The van der Waals surface area contributed by atoms with Gasteiger partial charge in [0.25, 0.3) is 0 Å². The number of amides is 1. The monoisotopic (exact) mass is 521 g/mol. The van der Waals surface area contributed by atoms with Gasteiger partial charge in [0.15, 0.2) is 14.6 Å². The van der Waals surface area contributed by atoms with Crippen molar-refractivity contribution in [2.75, 3.05) is 18.8 Å². The molecule has 10 heteroatoms. The van der Waals surface area contributed by atoms with E-state index in [1.165, 1.54) is 11.3 Å². The smallest absolute Gasteiger partial charge is 0.223 e. The summed E-state index contributed by atoms with van der Waals surface area (Å²) in [7, 11) is -1.81. The van der Waals surface area contributed by atoms with Crippen LogP contribution >= 0.6 is 22.9 Å². The van der Waals surface area contributed by atoms with E-state index in [1.807, 2.05) is 0 Å². The number of carbonyl (C=O) groups excluding carboxylic acids is 1. The minimum Gasteiger partial charge on any atom is -0.387 e. The summed E-state index contributed by atoms with van der Waals surface area (Å²) in [5.74, 6) is -0.220. The van der Waals surface area contributed by atoms with Gasteiger partial charge >= 0.3 is 0 Å². The van der Waals surface area contributed by atoms with Crippen LogP contribution in [0.15, 0.2) is 41.3 Å². The highest BCUT2D eigenvalue weighted by atomic mass is 35.5. The minimum atomic E-state index is -3.60. The quantitative estimate of drug-likeness (QED) is 0.511. The lowest BCUT2D eigenvalue weighted by atomic mass is 9.93. The number of sulfone groups is 1. The second-order valence-electron chi connectivity index (χ2n) is 8.77. The molecule has 0 spiro atoms. The summed E-state index contributed by atoms with van der Waals surface area (Å²) in [6, 6.07) is 10.2. The molecule has 0 radical (unpaired) electrons. The Morgan fingerprint density at radius 1 is 1.21 bits per heavy atom. The predicted octanol–water partition coefficient (Wildman–Crippen LogP) is 4.00. The first-order chi connectivity index (χ1) is 16.1. The van der Waals surface area contributed by atoms with Crippen LogP contribution in [0.4, 0.5) is 0 Å². The van der Waals surface area contributed by atoms with E-state index in [0.29, 0.717) is 22.9 Å². The first-order valence-corrected chi connectivity index (χ1v) is 14.0. The summed E-state index contributed by atoms with van der Waals surface area (Å²) in [5, 5.41) is 20.5. The summed E-state index contributed by atoms with van der Waals surface area (Å²) < 4.78 is 27.4. The number of hydrogen-bond acceptors (Lipinski definition) is 6. The number of fused-ring (bicyclic) bond motifs is 1.